The first kappa shape index (κ1) is 10.8. The van der Waals surface area contributed by atoms with Crippen molar-refractivity contribution in [2.75, 3.05) is 13.6 Å². The molecule has 3 rings (SSSR count). The van der Waals surface area contributed by atoms with E-state index in [-0.39, 0.29) is 5.91 Å². The fourth-order valence-corrected chi connectivity index (χ4v) is 2.94. The second kappa shape index (κ2) is 3.34. The van der Waals surface area contributed by atoms with Crippen LogP contribution in [0.2, 0.25) is 0 Å². The molecule has 0 saturated heterocycles. The monoisotopic (exact) mass is 229 g/mol. The van der Waals surface area contributed by atoms with E-state index in [4.69, 9.17) is 0 Å². The number of benzene rings is 1. The maximum Gasteiger partial charge on any atom is 0.253 e. The van der Waals surface area contributed by atoms with E-state index >= 15 is 0 Å². The fraction of sp³-hybridized carbons (Fsp3) is 0.533. The van der Waals surface area contributed by atoms with Gasteiger partial charge in [-0.3, -0.25) is 4.79 Å². The van der Waals surface area contributed by atoms with Crippen molar-refractivity contribution in [1.82, 2.24) is 4.90 Å². The number of hydrogen-bond acceptors (Lipinski definition) is 1. The third-order valence-corrected chi connectivity index (χ3v) is 4.25. The summed E-state index contributed by atoms with van der Waals surface area (Å²) in [5.74, 6) is 0.721. The number of likely N-dealkylation sites (N-methyl/N-ethyl adjacent to an activating group) is 1. The second-order valence-electron chi connectivity index (χ2n) is 5.90. The number of nitrogens with zero attached hydrogens (tertiary/aromatic N) is 1. The molecule has 0 atom stereocenters. The van der Waals surface area contributed by atoms with Gasteiger partial charge in [-0.1, -0.05) is 26.0 Å². The Kier molecular flexibility index (Phi) is 2.13. The summed E-state index contributed by atoms with van der Waals surface area (Å²) in [6.07, 6.45) is 2.47. The molecule has 1 saturated carbocycles. The Labute approximate surface area is 103 Å². The van der Waals surface area contributed by atoms with Gasteiger partial charge in [-0.05, 0) is 36.0 Å². The number of rotatable bonds is 1. The Bertz CT molecular complexity index is 486. The highest BCUT2D eigenvalue weighted by Gasteiger charge is 2.50. The van der Waals surface area contributed by atoms with Crippen LogP contribution in [0.15, 0.2) is 18.2 Å². The first-order chi connectivity index (χ1) is 8.03. The van der Waals surface area contributed by atoms with Crippen molar-refractivity contribution >= 4 is 5.91 Å². The Morgan fingerprint density at radius 3 is 2.59 bits per heavy atom. The molecule has 1 heterocycles. The normalized spacial score (nSPS) is 20.9. The van der Waals surface area contributed by atoms with Crippen molar-refractivity contribution in [3.63, 3.8) is 0 Å². The average Bonchev–Trinajstić information content (AvgIpc) is 3.06. The molecular weight excluding hydrogens is 210 g/mol. The van der Waals surface area contributed by atoms with Crippen LogP contribution in [0.4, 0.5) is 0 Å². The largest absolute Gasteiger partial charge is 0.341 e. The van der Waals surface area contributed by atoms with Crippen LogP contribution in [-0.4, -0.2) is 24.4 Å². The summed E-state index contributed by atoms with van der Waals surface area (Å²) in [5.41, 5.74) is 3.89. The van der Waals surface area contributed by atoms with Gasteiger partial charge in [0.05, 0.1) is 0 Å². The average molecular weight is 229 g/mol. The summed E-state index contributed by atoms with van der Waals surface area (Å²) < 4.78 is 0. The van der Waals surface area contributed by atoms with Gasteiger partial charge < -0.3 is 4.90 Å². The van der Waals surface area contributed by atoms with Crippen LogP contribution in [0, 0.1) is 0 Å². The number of carbonyl (C=O) groups is 1. The minimum atomic E-state index is 0.188. The third-order valence-electron chi connectivity index (χ3n) is 4.25. The Balaban J connectivity index is 2.14. The molecule has 0 aromatic heterocycles. The number of hydrogen-bond donors (Lipinski definition) is 0. The van der Waals surface area contributed by atoms with Crippen LogP contribution in [-0.2, 0) is 5.41 Å². The maximum absolute atomic E-state index is 12.1. The lowest BCUT2D eigenvalue weighted by atomic mass is 9.84. The molecule has 2 heteroatoms. The van der Waals surface area contributed by atoms with Crippen molar-refractivity contribution < 1.29 is 4.79 Å². The molecule has 2 nitrogen and oxygen atoms in total. The smallest absolute Gasteiger partial charge is 0.253 e. The molecule has 1 aromatic carbocycles. The van der Waals surface area contributed by atoms with Crippen molar-refractivity contribution in [2.24, 2.45) is 0 Å². The van der Waals surface area contributed by atoms with Crippen LogP contribution in [0.3, 0.4) is 0 Å². The molecular formula is C15H19NO. The topological polar surface area (TPSA) is 20.3 Å². The van der Waals surface area contributed by atoms with E-state index in [1.165, 1.54) is 24.0 Å². The van der Waals surface area contributed by atoms with E-state index in [0.717, 1.165) is 12.1 Å². The van der Waals surface area contributed by atoms with Crippen molar-refractivity contribution in [3.05, 3.63) is 34.9 Å². The lowest BCUT2D eigenvalue weighted by Crippen LogP contribution is -2.40. The lowest BCUT2D eigenvalue weighted by Gasteiger charge is -2.32. The molecule has 17 heavy (non-hydrogen) atoms. The minimum absolute atomic E-state index is 0.188. The quantitative estimate of drug-likeness (QED) is 0.725. The van der Waals surface area contributed by atoms with Crippen molar-refractivity contribution in [3.8, 4) is 0 Å². The first-order valence-electron chi connectivity index (χ1n) is 6.43. The van der Waals surface area contributed by atoms with E-state index in [2.05, 4.69) is 26.0 Å². The van der Waals surface area contributed by atoms with Crippen LogP contribution in [0.5, 0.6) is 0 Å². The zero-order chi connectivity index (χ0) is 12.2. The highest BCUT2D eigenvalue weighted by molar-refractivity contribution is 5.97. The summed E-state index contributed by atoms with van der Waals surface area (Å²) in [6.45, 7) is 5.32. The standard InChI is InChI=1S/C15H19NO/c1-10(2)11-4-5-12-13(8-11)15(6-7-15)9-16(3)14(12)17/h4-5,8,10H,6-7,9H2,1-3H3. The molecule has 0 radical (unpaired) electrons. The van der Waals surface area contributed by atoms with Gasteiger partial charge in [-0.2, -0.15) is 0 Å². The molecule has 1 spiro atoms. The van der Waals surface area contributed by atoms with Gasteiger partial charge in [0.15, 0.2) is 0 Å². The van der Waals surface area contributed by atoms with Gasteiger partial charge in [0.25, 0.3) is 5.91 Å². The van der Waals surface area contributed by atoms with Crippen LogP contribution < -0.4 is 0 Å². The summed E-state index contributed by atoms with van der Waals surface area (Å²) in [4.78, 5) is 14.0. The number of fused-ring (bicyclic) bond motifs is 2. The molecule has 2 aliphatic rings. The number of carbonyl (C=O) groups excluding carboxylic acids is 1. The molecule has 1 aliphatic carbocycles. The maximum atomic E-state index is 12.1. The Morgan fingerprint density at radius 2 is 2.00 bits per heavy atom. The highest BCUT2D eigenvalue weighted by atomic mass is 16.2. The number of amides is 1. The van der Waals surface area contributed by atoms with Crippen molar-refractivity contribution in [2.45, 2.75) is 38.0 Å². The van der Waals surface area contributed by atoms with Crippen LogP contribution in [0.1, 0.15) is 54.1 Å². The third kappa shape index (κ3) is 1.50. The predicted octanol–water partition coefficient (Wildman–Crippen LogP) is 2.93. The Hall–Kier alpha value is -1.31. The van der Waals surface area contributed by atoms with Crippen molar-refractivity contribution in [1.29, 1.82) is 0 Å². The van der Waals surface area contributed by atoms with Gasteiger partial charge in [0.1, 0.15) is 0 Å². The van der Waals surface area contributed by atoms with E-state index in [0.29, 0.717) is 11.3 Å². The summed E-state index contributed by atoms with van der Waals surface area (Å²) >= 11 is 0. The molecule has 1 amide bonds. The summed E-state index contributed by atoms with van der Waals surface area (Å²) in [5, 5.41) is 0. The van der Waals surface area contributed by atoms with Gasteiger partial charge >= 0.3 is 0 Å². The van der Waals surface area contributed by atoms with E-state index in [9.17, 15) is 4.79 Å². The summed E-state index contributed by atoms with van der Waals surface area (Å²) in [6, 6.07) is 6.41. The SMILES string of the molecule is CC(C)c1ccc2c(c1)C1(CC1)CN(C)C2=O. The van der Waals surface area contributed by atoms with Gasteiger partial charge in [0, 0.05) is 24.6 Å². The second-order valence-corrected chi connectivity index (χ2v) is 5.90. The molecule has 1 fully saturated rings. The van der Waals surface area contributed by atoms with E-state index in [1.807, 2.05) is 18.0 Å². The first-order valence-corrected chi connectivity index (χ1v) is 6.43. The van der Waals surface area contributed by atoms with Gasteiger partial charge in [-0.15, -0.1) is 0 Å². The Morgan fingerprint density at radius 1 is 1.29 bits per heavy atom. The van der Waals surface area contributed by atoms with Gasteiger partial charge in [0.2, 0.25) is 0 Å². The molecule has 0 N–H and O–H groups in total. The molecule has 0 bridgehead atoms. The zero-order valence-electron chi connectivity index (χ0n) is 10.8. The van der Waals surface area contributed by atoms with Gasteiger partial charge in [-0.25, -0.2) is 0 Å². The minimum Gasteiger partial charge on any atom is -0.341 e. The molecule has 0 unspecified atom stereocenters. The van der Waals surface area contributed by atoms with Crippen LogP contribution >= 0.6 is 0 Å². The summed E-state index contributed by atoms with van der Waals surface area (Å²) in [7, 11) is 1.92. The fourth-order valence-electron chi connectivity index (χ4n) is 2.94. The van der Waals surface area contributed by atoms with Crippen LogP contribution in [0.25, 0.3) is 0 Å². The predicted molar refractivity (Wildman–Crippen MR) is 68.4 cm³/mol. The highest BCUT2D eigenvalue weighted by Crippen LogP contribution is 2.52. The molecule has 1 aromatic rings. The molecule has 90 valence electrons. The molecule has 1 aliphatic heterocycles. The van der Waals surface area contributed by atoms with E-state index < -0.39 is 0 Å². The zero-order valence-corrected chi connectivity index (χ0v) is 10.8. The van der Waals surface area contributed by atoms with E-state index in [1.54, 1.807) is 0 Å². The lowest BCUT2D eigenvalue weighted by molar-refractivity contribution is 0.0758.